The summed E-state index contributed by atoms with van der Waals surface area (Å²) in [5.41, 5.74) is 1.63. The molecule has 14 heteroatoms. The molecule has 1 N–H and O–H groups in total. The number of pyridine rings is 1. The zero-order valence-electron chi connectivity index (χ0n) is 26.6. The number of nitrogens with zero attached hydrogens (tertiary/aromatic N) is 6. The first-order chi connectivity index (χ1) is 23.7. The molecule has 1 atom stereocenters. The van der Waals surface area contributed by atoms with E-state index in [2.05, 4.69) is 10.2 Å². The summed E-state index contributed by atoms with van der Waals surface area (Å²) in [6.45, 7) is 3.35. The number of ether oxygens (including phenoxy) is 2. The number of rotatable bonds is 7. The third-order valence-corrected chi connectivity index (χ3v) is 9.64. The van der Waals surface area contributed by atoms with Crippen LogP contribution >= 0.6 is 0 Å². The molecule has 13 nitrogen and oxygen atoms in total. The molecule has 8 rings (SSSR count). The van der Waals surface area contributed by atoms with Gasteiger partial charge >= 0.3 is 5.76 Å². The average Bonchev–Trinajstić information content (AvgIpc) is 3.74. The van der Waals surface area contributed by atoms with Crippen LogP contribution in [0.3, 0.4) is 0 Å². The monoisotopic (exact) mass is 666 g/mol. The summed E-state index contributed by atoms with van der Waals surface area (Å²) < 4.78 is 38.6. The smallest absolute Gasteiger partial charge is 0.420 e. The minimum Gasteiger partial charge on any atom is -0.421 e. The number of aryl methyl sites for hydroxylation is 2. The van der Waals surface area contributed by atoms with Crippen LogP contribution in [-0.2, 0) is 28.2 Å². The van der Waals surface area contributed by atoms with Gasteiger partial charge in [0.1, 0.15) is 24.2 Å². The summed E-state index contributed by atoms with van der Waals surface area (Å²) in [4.78, 5) is 33.7. The van der Waals surface area contributed by atoms with Crippen LogP contribution in [0.25, 0.3) is 33.7 Å². The standard InChI is InChI=1S/C35H31FN6O7/c1-19-39-40-32(48-19)29-25(6-3-20-8-11-46-12-9-20)38-31-30(33(43)42-10-13-47-18-35(31,42)45)28(29)22-5-7-26-27(15-22)49-34(44)41(26)17-21-2-4-23(16-37)24(36)14-21/h2,4-5,7,14-15,20,45H,3,6,8-13,17-18H2,1H3/t35-/m1/s1. The van der Waals surface area contributed by atoms with E-state index in [4.69, 9.17) is 28.6 Å². The summed E-state index contributed by atoms with van der Waals surface area (Å²) in [6, 6.07) is 11.1. The lowest BCUT2D eigenvalue weighted by atomic mass is 9.88. The summed E-state index contributed by atoms with van der Waals surface area (Å²) in [6.07, 6.45) is 3.12. The number of aromatic nitrogens is 4. The van der Waals surface area contributed by atoms with E-state index in [1.165, 1.54) is 21.6 Å². The number of morpholine rings is 1. The van der Waals surface area contributed by atoms with Crippen LogP contribution in [0.4, 0.5) is 4.39 Å². The predicted molar refractivity (Wildman–Crippen MR) is 170 cm³/mol. The Morgan fingerprint density at radius 1 is 1.04 bits per heavy atom. The molecule has 0 aliphatic carbocycles. The van der Waals surface area contributed by atoms with Crippen molar-refractivity contribution in [1.82, 2.24) is 24.6 Å². The predicted octanol–water partition coefficient (Wildman–Crippen LogP) is 4.06. The van der Waals surface area contributed by atoms with Crippen LogP contribution in [0.1, 0.15) is 58.0 Å². The number of carbonyl (C=O) groups is 1. The van der Waals surface area contributed by atoms with Gasteiger partial charge in [-0.3, -0.25) is 14.3 Å². The van der Waals surface area contributed by atoms with E-state index < -0.39 is 23.2 Å². The van der Waals surface area contributed by atoms with Crippen molar-refractivity contribution in [2.75, 3.05) is 33.0 Å². The maximum absolute atomic E-state index is 14.4. The molecule has 2 fully saturated rings. The molecule has 250 valence electrons. The Morgan fingerprint density at radius 2 is 1.88 bits per heavy atom. The Bertz CT molecular complexity index is 2230. The molecule has 3 aliphatic heterocycles. The van der Waals surface area contributed by atoms with Crippen molar-refractivity contribution in [3.8, 4) is 28.7 Å². The zero-order valence-corrected chi connectivity index (χ0v) is 26.6. The van der Waals surface area contributed by atoms with Crippen LogP contribution in [0, 0.1) is 30.0 Å². The molecule has 0 bridgehead atoms. The van der Waals surface area contributed by atoms with Crippen molar-refractivity contribution >= 4 is 17.0 Å². The van der Waals surface area contributed by atoms with Gasteiger partial charge in [0.05, 0.1) is 41.1 Å². The summed E-state index contributed by atoms with van der Waals surface area (Å²) in [5.74, 6) is -0.865. The topological polar surface area (TPSA) is 170 Å². The number of hydrogen-bond acceptors (Lipinski definition) is 11. The largest absolute Gasteiger partial charge is 0.421 e. The van der Waals surface area contributed by atoms with E-state index in [1.807, 2.05) is 0 Å². The zero-order chi connectivity index (χ0) is 33.9. The molecule has 3 aliphatic rings. The molecule has 0 spiro atoms. The molecule has 3 aromatic heterocycles. The Kier molecular flexibility index (Phi) is 7.62. The minimum absolute atomic E-state index is 0.00179. The molecule has 2 aromatic carbocycles. The number of hydrogen-bond donors (Lipinski definition) is 1. The van der Waals surface area contributed by atoms with Crippen molar-refractivity contribution in [3.05, 3.63) is 86.7 Å². The number of fused-ring (bicyclic) bond motifs is 4. The molecular weight excluding hydrogens is 635 g/mol. The molecule has 1 amide bonds. The van der Waals surface area contributed by atoms with Gasteiger partial charge in [-0.25, -0.2) is 9.18 Å². The number of nitriles is 1. The van der Waals surface area contributed by atoms with Crippen LogP contribution < -0.4 is 5.76 Å². The summed E-state index contributed by atoms with van der Waals surface area (Å²) in [7, 11) is 0. The molecule has 0 unspecified atom stereocenters. The van der Waals surface area contributed by atoms with Gasteiger partial charge in [0.15, 0.2) is 5.58 Å². The Balaban J connectivity index is 1.31. The SMILES string of the molecule is Cc1nnc(-c2c(CCC3CCOCC3)nc3c(c2-c2ccc4c(c2)oc(=O)n4Cc2ccc(C#N)c(F)c2)C(=O)N2CCOC[C@@]32O)o1. The van der Waals surface area contributed by atoms with Gasteiger partial charge in [-0.1, -0.05) is 12.1 Å². The number of halogens is 1. The van der Waals surface area contributed by atoms with Crippen LogP contribution in [-0.4, -0.2) is 68.6 Å². The maximum Gasteiger partial charge on any atom is 0.420 e. The normalized spacial score (nSPS) is 19.3. The maximum atomic E-state index is 14.4. The fraction of sp³-hybridized carbons (Fsp3) is 0.371. The van der Waals surface area contributed by atoms with E-state index in [-0.39, 0.29) is 54.6 Å². The number of oxazole rings is 1. The lowest BCUT2D eigenvalue weighted by molar-refractivity contribution is -0.171. The lowest BCUT2D eigenvalue weighted by Gasteiger charge is -2.37. The van der Waals surface area contributed by atoms with Gasteiger partial charge in [0, 0.05) is 32.2 Å². The minimum atomic E-state index is -1.77. The number of benzene rings is 2. The number of amides is 1. The van der Waals surface area contributed by atoms with Crippen LogP contribution in [0.5, 0.6) is 0 Å². The third-order valence-electron chi connectivity index (χ3n) is 9.64. The molecule has 0 radical (unpaired) electrons. The molecule has 0 saturated carbocycles. The van der Waals surface area contributed by atoms with E-state index in [0.29, 0.717) is 64.9 Å². The van der Waals surface area contributed by atoms with E-state index >= 15 is 0 Å². The quantitative estimate of drug-likeness (QED) is 0.266. The number of carbonyl (C=O) groups excluding carboxylic acids is 1. The second-order valence-electron chi connectivity index (χ2n) is 12.6. The first-order valence-electron chi connectivity index (χ1n) is 16.1. The van der Waals surface area contributed by atoms with Gasteiger partial charge in [-0.2, -0.15) is 5.26 Å². The highest BCUT2D eigenvalue weighted by Crippen LogP contribution is 2.47. The van der Waals surface area contributed by atoms with Gasteiger partial charge in [-0.15, -0.1) is 10.2 Å². The highest BCUT2D eigenvalue weighted by molar-refractivity contribution is 6.09. The fourth-order valence-electron chi connectivity index (χ4n) is 7.14. The highest BCUT2D eigenvalue weighted by Gasteiger charge is 2.54. The van der Waals surface area contributed by atoms with Crippen molar-refractivity contribution in [2.45, 2.75) is 44.9 Å². The van der Waals surface area contributed by atoms with E-state index in [0.717, 1.165) is 19.3 Å². The Hall–Kier alpha value is -5.23. The second-order valence-corrected chi connectivity index (χ2v) is 12.6. The van der Waals surface area contributed by atoms with Crippen molar-refractivity contribution in [1.29, 1.82) is 5.26 Å². The van der Waals surface area contributed by atoms with Gasteiger partial charge in [-0.05, 0) is 67.0 Å². The molecule has 6 heterocycles. The third kappa shape index (κ3) is 5.21. The van der Waals surface area contributed by atoms with Gasteiger partial charge in [0.2, 0.25) is 17.5 Å². The molecule has 2 saturated heterocycles. The van der Waals surface area contributed by atoms with Gasteiger partial charge < -0.3 is 28.3 Å². The summed E-state index contributed by atoms with van der Waals surface area (Å²) in [5, 5.41) is 29.5. The second kappa shape index (κ2) is 12.0. The average molecular weight is 667 g/mol. The van der Waals surface area contributed by atoms with E-state index in [9.17, 15) is 19.1 Å². The lowest BCUT2D eigenvalue weighted by Crippen LogP contribution is -2.52. The molecular formula is C35H31FN6O7. The van der Waals surface area contributed by atoms with Gasteiger partial charge in [0.25, 0.3) is 5.91 Å². The fourth-order valence-corrected chi connectivity index (χ4v) is 7.14. The summed E-state index contributed by atoms with van der Waals surface area (Å²) >= 11 is 0. The first-order valence-corrected chi connectivity index (χ1v) is 16.1. The van der Waals surface area contributed by atoms with Crippen molar-refractivity contribution in [3.63, 3.8) is 0 Å². The number of aliphatic hydroxyl groups is 1. The highest BCUT2D eigenvalue weighted by atomic mass is 19.1. The first kappa shape index (κ1) is 31.1. The van der Waals surface area contributed by atoms with E-state index in [1.54, 1.807) is 37.3 Å². The van der Waals surface area contributed by atoms with Crippen molar-refractivity contribution < 1.29 is 32.6 Å². The van der Waals surface area contributed by atoms with Crippen molar-refractivity contribution in [2.24, 2.45) is 5.92 Å². The van der Waals surface area contributed by atoms with Crippen LogP contribution in [0.2, 0.25) is 0 Å². The van der Waals surface area contributed by atoms with Crippen LogP contribution in [0.15, 0.2) is 50.0 Å². The Labute approximate surface area is 278 Å². The molecule has 49 heavy (non-hydrogen) atoms. The Morgan fingerprint density at radius 3 is 2.63 bits per heavy atom. The molecule has 5 aromatic rings.